The van der Waals surface area contributed by atoms with Crippen LogP contribution in [0.3, 0.4) is 0 Å². The lowest BCUT2D eigenvalue weighted by molar-refractivity contribution is 0.0686. The second kappa shape index (κ2) is 6.73. The van der Waals surface area contributed by atoms with Crippen LogP contribution in [0.2, 0.25) is 0 Å². The summed E-state index contributed by atoms with van der Waals surface area (Å²) < 4.78 is 2.06. The van der Waals surface area contributed by atoms with Crippen molar-refractivity contribution in [3.05, 3.63) is 40.6 Å². The van der Waals surface area contributed by atoms with Gasteiger partial charge in [0.2, 0.25) is 0 Å². The van der Waals surface area contributed by atoms with Crippen molar-refractivity contribution in [2.45, 2.75) is 37.8 Å². The van der Waals surface area contributed by atoms with E-state index in [9.17, 15) is 5.11 Å². The molecule has 3 unspecified atom stereocenters. The Morgan fingerprint density at radius 1 is 1.48 bits per heavy atom. The molecule has 1 fully saturated rings. The summed E-state index contributed by atoms with van der Waals surface area (Å²) in [7, 11) is 2.03. The molecule has 114 valence electrons. The lowest BCUT2D eigenvalue weighted by atomic mass is 9.86. The Kier molecular flexibility index (Phi) is 4.73. The fourth-order valence-electron chi connectivity index (χ4n) is 3.13. The minimum atomic E-state index is -0.156. The van der Waals surface area contributed by atoms with Crippen molar-refractivity contribution in [1.29, 1.82) is 0 Å². The van der Waals surface area contributed by atoms with Crippen LogP contribution in [0.25, 0.3) is 0 Å². The maximum Gasteiger partial charge on any atom is 0.131 e. The predicted octanol–water partition coefficient (Wildman–Crippen LogP) is 2.71. The van der Waals surface area contributed by atoms with Crippen LogP contribution in [-0.2, 0) is 7.05 Å². The summed E-state index contributed by atoms with van der Waals surface area (Å²) in [6.07, 6.45) is 8.11. The highest BCUT2D eigenvalue weighted by atomic mass is 32.1. The largest absolute Gasteiger partial charge is 0.393 e. The molecule has 0 aromatic carbocycles. The molecule has 21 heavy (non-hydrogen) atoms. The van der Waals surface area contributed by atoms with Crippen LogP contribution in [0.5, 0.6) is 0 Å². The van der Waals surface area contributed by atoms with Gasteiger partial charge >= 0.3 is 0 Å². The van der Waals surface area contributed by atoms with Gasteiger partial charge in [-0.15, -0.1) is 11.3 Å². The van der Waals surface area contributed by atoms with E-state index in [0.29, 0.717) is 5.92 Å². The molecule has 0 amide bonds. The first-order valence-electron chi connectivity index (χ1n) is 7.68. The number of aliphatic hydroxyl groups excluding tert-OH is 1. The normalized spacial score (nSPS) is 24.1. The van der Waals surface area contributed by atoms with Gasteiger partial charge in [-0.3, -0.25) is 0 Å². The summed E-state index contributed by atoms with van der Waals surface area (Å²) in [5.74, 6) is 1.39. The van der Waals surface area contributed by atoms with Crippen molar-refractivity contribution in [1.82, 2.24) is 14.9 Å². The Labute approximate surface area is 129 Å². The highest BCUT2D eigenvalue weighted by Crippen LogP contribution is 2.28. The standard InChI is InChI=1S/C16H23N3OS/c1-19-9-8-17-16(19)15(14-7-4-10-21-14)18-11-12-5-2-3-6-13(12)20/h4,7-10,12-13,15,18,20H,2-3,5-6,11H2,1H3. The molecule has 0 bridgehead atoms. The minimum Gasteiger partial charge on any atom is -0.393 e. The van der Waals surface area contributed by atoms with Crippen molar-refractivity contribution < 1.29 is 5.11 Å². The number of hydrogen-bond donors (Lipinski definition) is 2. The summed E-state index contributed by atoms with van der Waals surface area (Å²) in [6, 6.07) is 4.33. The fraction of sp³-hybridized carbons (Fsp3) is 0.562. The first-order valence-corrected chi connectivity index (χ1v) is 8.55. The monoisotopic (exact) mass is 305 g/mol. The van der Waals surface area contributed by atoms with Crippen molar-refractivity contribution in [3.63, 3.8) is 0 Å². The zero-order valence-electron chi connectivity index (χ0n) is 12.4. The predicted molar refractivity (Wildman–Crippen MR) is 85.3 cm³/mol. The minimum absolute atomic E-state index is 0.110. The summed E-state index contributed by atoms with van der Waals surface area (Å²) in [5.41, 5.74) is 0. The van der Waals surface area contributed by atoms with Crippen LogP contribution in [0.1, 0.15) is 42.4 Å². The summed E-state index contributed by atoms with van der Waals surface area (Å²) in [6.45, 7) is 0.844. The van der Waals surface area contributed by atoms with E-state index < -0.39 is 0 Å². The Morgan fingerprint density at radius 2 is 2.33 bits per heavy atom. The van der Waals surface area contributed by atoms with Crippen LogP contribution in [0, 0.1) is 5.92 Å². The van der Waals surface area contributed by atoms with Gasteiger partial charge in [-0.1, -0.05) is 18.9 Å². The zero-order chi connectivity index (χ0) is 14.7. The quantitative estimate of drug-likeness (QED) is 0.893. The highest BCUT2D eigenvalue weighted by molar-refractivity contribution is 7.10. The van der Waals surface area contributed by atoms with E-state index in [0.717, 1.165) is 31.6 Å². The molecule has 0 saturated heterocycles. The molecule has 2 N–H and O–H groups in total. The first-order chi connectivity index (χ1) is 10.3. The maximum atomic E-state index is 10.1. The molecule has 0 aliphatic heterocycles. The molecule has 1 saturated carbocycles. The molecule has 0 spiro atoms. The van der Waals surface area contributed by atoms with Gasteiger partial charge in [0, 0.05) is 30.9 Å². The number of imidazole rings is 1. The van der Waals surface area contributed by atoms with E-state index in [-0.39, 0.29) is 12.1 Å². The van der Waals surface area contributed by atoms with Crippen LogP contribution in [0.15, 0.2) is 29.9 Å². The van der Waals surface area contributed by atoms with E-state index in [1.807, 2.05) is 19.4 Å². The van der Waals surface area contributed by atoms with Gasteiger partial charge in [0.25, 0.3) is 0 Å². The highest BCUT2D eigenvalue weighted by Gasteiger charge is 2.25. The second-order valence-corrected chi connectivity index (χ2v) is 6.84. The van der Waals surface area contributed by atoms with Gasteiger partial charge in [-0.2, -0.15) is 0 Å². The van der Waals surface area contributed by atoms with E-state index in [1.165, 1.54) is 11.3 Å². The van der Waals surface area contributed by atoms with E-state index >= 15 is 0 Å². The van der Waals surface area contributed by atoms with Crippen LogP contribution in [0.4, 0.5) is 0 Å². The number of hydrogen-bond acceptors (Lipinski definition) is 4. The van der Waals surface area contributed by atoms with Crippen LogP contribution in [-0.4, -0.2) is 27.3 Å². The Morgan fingerprint density at radius 3 is 3.00 bits per heavy atom. The third kappa shape index (κ3) is 3.36. The number of aromatic nitrogens is 2. The van der Waals surface area contributed by atoms with Gasteiger partial charge in [0.1, 0.15) is 11.9 Å². The zero-order valence-corrected chi connectivity index (χ0v) is 13.2. The lowest BCUT2D eigenvalue weighted by Gasteiger charge is -2.29. The molecule has 2 heterocycles. The van der Waals surface area contributed by atoms with Crippen molar-refractivity contribution in [3.8, 4) is 0 Å². The number of nitrogens with zero attached hydrogens (tertiary/aromatic N) is 2. The molecule has 2 aromatic rings. The molecule has 1 aliphatic rings. The molecular formula is C16H23N3OS. The van der Waals surface area contributed by atoms with Gasteiger partial charge < -0.3 is 15.0 Å². The first kappa shape index (κ1) is 14.8. The summed E-state index contributed by atoms with van der Waals surface area (Å²) >= 11 is 1.75. The molecule has 0 radical (unpaired) electrons. The fourth-order valence-corrected chi connectivity index (χ4v) is 3.92. The van der Waals surface area contributed by atoms with Crippen molar-refractivity contribution in [2.75, 3.05) is 6.54 Å². The summed E-state index contributed by atoms with van der Waals surface area (Å²) in [5, 5.41) is 15.9. The number of aliphatic hydroxyl groups is 1. The molecule has 3 rings (SSSR count). The number of thiophene rings is 1. The van der Waals surface area contributed by atoms with Crippen LogP contribution < -0.4 is 5.32 Å². The van der Waals surface area contributed by atoms with Gasteiger partial charge in [-0.05, 0) is 30.2 Å². The van der Waals surface area contributed by atoms with Gasteiger partial charge in [0.05, 0.1) is 6.10 Å². The smallest absolute Gasteiger partial charge is 0.131 e. The van der Waals surface area contributed by atoms with Crippen molar-refractivity contribution >= 4 is 11.3 Å². The number of nitrogens with one attached hydrogen (secondary N) is 1. The second-order valence-electron chi connectivity index (χ2n) is 5.86. The molecule has 4 nitrogen and oxygen atoms in total. The van der Waals surface area contributed by atoms with Gasteiger partial charge in [0.15, 0.2) is 0 Å². The molecule has 3 atom stereocenters. The van der Waals surface area contributed by atoms with E-state index in [2.05, 4.69) is 32.4 Å². The average molecular weight is 305 g/mol. The summed E-state index contributed by atoms with van der Waals surface area (Å²) in [4.78, 5) is 5.77. The average Bonchev–Trinajstić information content (AvgIpc) is 3.14. The number of rotatable bonds is 5. The number of aryl methyl sites for hydroxylation is 1. The van der Waals surface area contributed by atoms with Gasteiger partial charge in [-0.25, -0.2) is 4.98 Å². The topological polar surface area (TPSA) is 50.1 Å². The van der Waals surface area contributed by atoms with Crippen LogP contribution >= 0.6 is 11.3 Å². The third-order valence-electron chi connectivity index (χ3n) is 4.40. The Bertz CT molecular complexity index is 552. The Balaban J connectivity index is 1.73. The molecule has 2 aromatic heterocycles. The molecular weight excluding hydrogens is 282 g/mol. The molecule has 1 aliphatic carbocycles. The van der Waals surface area contributed by atoms with Crippen molar-refractivity contribution in [2.24, 2.45) is 13.0 Å². The third-order valence-corrected chi connectivity index (χ3v) is 5.33. The maximum absolute atomic E-state index is 10.1. The van der Waals surface area contributed by atoms with E-state index in [1.54, 1.807) is 11.3 Å². The Hall–Kier alpha value is -1.17. The lowest BCUT2D eigenvalue weighted by Crippen LogP contribution is -2.36. The SMILES string of the molecule is Cn1ccnc1C(NCC1CCCCC1O)c1cccs1. The van der Waals surface area contributed by atoms with E-state index in [4.69, 9.17) is 0 Å². The molecule has 5 heteroatoms.